The summed E-state index contributed by atoms with van der Waals surface area (Å²) >= 11 is 0. The van der Waals surface area contributed by atoms with Crippen LogP contribution in [0.25, 0.3) is 0 Å². The molecule has 5 heteroatoms. The normalized spacial score (nSPS) is 10.4. The molecule has 0 saturated carbocycles. The molecule has 0 aliphatic heterocycles. The number of nitrogens with one attached hydrogen (secondary N) is 1. The van der Waals surface area contributed by atoms with Crippen LogP contribution in [0.15, 0.2) is 36.7 Å². The molecule has 0 bridgehead atoms. The van der Waals surface area contributed by atoms with E-state index in [-0.39, 0.29) is 5.82 Å². The average molecular weight is 260 g/mol. The van der Waals surface area contributed by atoms with Crippen LogP contribution < -0.4 is 11.1 Å². The number of hydrogen-bond donors (Lipinski definition) is 2. The number of anilines is 1. The highest BCUT2D eigenvalue weighted by Gasteiger charge is 2.00. The Morgan fingerprint density at radius 3 is 2.63 bits per heavy atom. The molecule has 0 saturated heterocycles. The predicted octanol–water partition coefficient (Wildman–Crippen LogP) is 1.97. The van der Waals surface area contributed by atoms with Gasteiger partial charge in [0.25, 0.3) is 0 Å². The van der Waals surface area contributed by atoms with E-state index < -0.39 is 0 Å². The maximum Gasteiger partial charge on any atom is 0.222 e. The summed E-state index contributed by atoms with van der Waals surface area (Å²) < 4.78 is 13.1. The molecular weight excluding hydrogens is 243 g/mol. The van der Waals surface area contributed by atoms with Crippen LogP contribution in [-0.2, 0) is 6.42 Å². The van der Waals surface area contributed by atoms with E-state index in [1.165, 1.54) is 12.1 Å². The molecule has 19 heavy (non-hydrogen) atoms. The minimum atomic E-state index is -0.224. The lowest BCUT2D eigenvalue weighted by atomic mass is 10.1. The van der Waals surface area contributed by atoms with Crippen LogP contribution >= 0.6 is 0 Å². The Bertz CT molecular complexity index is 513. The maximum absolute atomic E-state index is 13.1. The minimum absolute atomic E-state index is 0.224. The van der Waals surface area contributed by atoms with E-state index in [4.69, 9.17) is 5.73 Å². The van der Waals surface area contributed by atoms with Gasteiger partial charge in [-0.05, 0) is 36.2 Å². The summed E-state index contributed by atoms with van der Waals surface area (Å²) in [5, 5.41) is 3.08. The molecule has 0 radical (unpaired) electrons. The maximum atomic E-state index is 13.1. The highest BCUT2D eigenvalue weighted by Crippen LogP contribution is 2.10. The second-order valence-electron chi connectivity index (χ2n) is 4.29. The van der Waals surface area contributed by atoms with Crippen LogP contribution in [0.1, 0.15) is 17.5 Å². The summed E-state index contributed by atoms with van der Waals surface area (Å²) in [5.41, 5.74) is 7.27. The molecule has 2 aromatic rings. The fourth-order valence-electron chi connectivity index (χ4n) is 1.72. The molecule has 0 aliphatic carbocycles. The van der Waals surface area contributed by atoms with Crippen molar-refractivity contribution in [3.05, 3.63) is 53.6 Å². The first-order valence-electron chi connectivity index (χ1n) is 6.27. The highest BCUT2D eigenvalue weighted by atomic mass is 19.1. The minimum Gasteiger partial charge on any atom is -0.354 e. The van der Waals surface area contributed by atoms with Gasteiger partial charge in [0.2, 0.25) is 5.95 Å². The topological polar surface area (TPSA) is 63.8 Å². The number of aromatic nitrogens is 2. The molecule has 4 nitrogen and oxygen atoms in total. The van der Waals surface area contributed by atoms with Crippen molar-refractivity contribution in [2.75, 3.05) is 18.4 Å². The second-order valence-corrected chi connectivity index (χ2v) is 4.29. The summed E-state index contributed by atoms with van der Waals surface area (Å²) in [6.07, 6.45) is 5.01. The molecule has 0 fully saturated rings. The monoisotopic (exact) mass is 260 g/mol. The van der Waals surface area contributed by atoms with Crippen molar-refractivity contribution < 1.29 is 4.39 Å². The number of nitrogens with zero attached hydrogens (tertiary/aromatic N) is 2. The quantitative estimate of drug-likeness (QED) is 0.779. The molecule has 1 aromatic heterocycles. The average Bonchev–Trinajstić information content (AvgIpc) is 2.41. The number of hydrogen-bond acceptors (Lipinski definition) is 4. The largest absolute Gasteiger partial charge is 0.354 e. The fraction of sp³-hybridized carbons (Fsp3) is 0.286. The Morgan fingerprint density at radius 1 is 1.16 bits per heavy atom. The van der Waals surface area contributed by atoms with Crippen molar-refractivity contribution in [2.45, 2.75) is 12.8 Å². The Labute approximate surface area is 111 Å². The van der Waals surface area contributed by atoms with Gasteiger partial charge in [0.15, 0.2) is 0 Å². The van der Waals surface area contributed by atoms with E-state index >= 15 is 0 Å². The lowest BCUT2D eigenvalue weighted by Crippen LogP contribution is -2.10. The van der Waals surface area contributed by atoms with Gasteiger partial charge in [0.1, 0.15) is 5.82 Å². The zero-order chi connectivity index (χ0) is 13.5. The van der Waals surface area contributed by atoms with Crippen molar-refractivity contribution in [3.8, 4) is 0 Å². The molecule has 100 valence electrons. The zero-order valence-electron chi connectivity index (χ0n) is 10.6. The van der Waals surface area contributed by atoms with Crippen molar-refractivity contribution in [1.82, 2.24) is 9.97 Å². The smallest absolute Gasteiger partial charge is 0.222 e. The third-order valence-electron chi connectivity index (χ3n) is 2.67. The SMILES string of the molecule is NCCCNc1ncc(Cc2cccc(F)c2)cn1. The Kier molecular flexibility index (Phi) is 4.80. The molecule has 0 unspecified atom stereocenters. The predicted molar refractivity (Wildman–Crippen MR) is 73.4 cm³/mol. The highest BCUT2D eigenvalue weighted by molar-refractivity contribution is 5.28. The van der Waals surface area contributed by atoms with Gasteiger partial charge in [-0.25, -0.2) is 14.4 Å². The summed E-state index contributed by atoms with van der Waals surface area (Å²) in [4.78, 5) is 8.42. The van der Waals surface area contributed by atoms with Crippen molar-refractivity contribution in [3.63, 3.8) is 0 Å². The summed E-state index contributed by atoms with van der Waals surface area (Å²) in [6.45, 7) is 1.41. The van der Waals surface area contributed by atoms with E-state index in [9.17, 15) is 4.39 Å². The Balaban J connectivity index is 1.95. The lowest BCUT2D eigenvalue weighted by Gasteiger charge is -2.05. The molecule has 2 rings (SSSR count). The van der Waals surface area contributed by atoms with Crippen LogP contribution in [0.2, 0.25) is 0 Å². The molecule has 0 spiro atoms. The molecule has 3 N–H and O–H groups in total. The summed E-state index contributed by atoms with van der Waals surface area (Å²) in [6, 6.07) is 6.54. The van der Waals surface area contributed by atoms with Gasteiger partial charge in [-0.1, -0.05) is 12.1 Å². The first-order chi connectivity index (χ1) is 9.28. The molecule has 0 amide bonds. The van der Waals surface area contributed by atoms with Crippen LogP contribution in [0, 0.1) is 5.82 Å². The van der Waals surface area contributed by atoms with Gasteiger partial charge in [-0.3, -0.25) is 0 Å². The Morgan fingerprint density at radius 2 is 1.95 bits per heavy atom. The first-order valence-corrected chi connectivity index (χ1v) is 6.27. The summed E-state index contributed by atoms with van der Waals surface area (Å²) in [7, 11) is 0. The molecule has 1 heterocycles. The van der Waals surface area contributed by atoms with E-state index in [1.807, 2.05) is 6.07 Å². The molecule has 1 aromatic carbocycles. The van der Waals surface area contributed by atoms with Gasteiger partial charge in [0.05, 0.1) is 0 Å². The molecular formula is C14H17FN4. The summed E-state index contributed by atoms with van der Waals surface area (Å²) in [5.74, 6) is 0.370. The standard InChI is InChI=1S/C14H17FN4/c15-13-4-1-3-11(8-13)7-12-9-18-14(19-10-12)17-6-2-5-16/h1,3-4,8-10H,2,5-7,16H2,(H,17,18,19). The Hall–Kier alpha value is -2.01. The van der Waals surface area contributed by atoms with Gasteiger partial charge in [-0.15, -0.1) is 0 Å². The van der Waals surface area contributed by atoms with Gasteiger partial charge >= 0.3 is 0 Å². The van der Waals surface area contributed by atoms with Crippen LogP contribution in [-0.4, -0.2) is 23.1 Å². The van der Waals surface area contributed by atoms with Crippen molar-refractivity contribution >= 4 is 5.95 Å². The third kappa shape index (κ3) is 4.30. The van der Waals surface area contributed by atoms with E-state index in [1.54, 1.807) is 18.5 Å². The first kappa shape index (κ1) is 13.4. The fourth-order valence-corrected chi connectivity index (χ4v) is 1.72. The van der Waals surface area contributed by atoms with Crippen molar-refractivity contribution in [2.24, 2.45) is 5.73 Å². The van der Waals surface area contributed by atoms with Crippen LogP contribution in [0.3, 0.4) is 0 Å². The van der Waals surface area contributed by atoms with Gasteiger partial charge in [-0.2, -0.15) is 0 Å². The lowest BCUT2D eigenvalue weighted by molar-refractivity contribution is 0.626. The van der Waals surface area contributed by atoms with E-state index in [0.29, 0.717) is 18.9 Å². The van der Waals surface area contributed by atoms with Crippen LogP contribution in [0.4, 0.5) is 10.3 Å². The number of halogens is 1. The molecule has 0 aliphatic rings. The third-order valence-corrected chi connectivity index (χ3v) is 2.67. The van der Waals surface area contributed by atoms with Gasteiger partial charge < -0.3 is 11.1 Å². The second kappa shape index (κ2) is 6.80. The van der Waals surface area contributed by atoms with Crippen molar-refractivity contribution in [1.29, 1.82) is 0 Å². The number of rotatable bonds is 6. The van der Waals surface area contributed by atoms with Crippen LogP contribution in [0.5, 0.6) is 0 Å². The molecule has 0 atom stereocenters. The number of nitrogens with two attached hydrogens (primary N) is 1. The van der Waals surface area contributed by atoms with Gasteiger partial charge in [0, 0.05) is 25.4 Å². The van der Waals surface area contributed by atoms with E-state index in [2.05, 4.69) is 15.3 Å². The van der Waals surface area contributed by atoms with E-state index in [0.717, 1.165) is 24.1 Å². The zero-order valence-corrected chi connectivity index (χ0v) is 10.6. The number of benzene rings is 1.